The monoisotopic (exact) mass is 361 g/mol. The van der Waals surface area contributed by atoms with Crippen LogP contribution < -0.4 is 0 Å². The molecular weight excluding hydrogens is 342 g/mol. The molecule has 0 saturated carbocycles. The number of hydrogen-bond donors (Lipinski definition) is 0. The van der Waals surface area contributed by atoms with E-state index in [1.54, 1.807) is 22.7 Å². The quantitative estimate of drug-likeness (QED) is 0.822. The van der Waals surface area contributed by atoms with Crippen molar-refractivity contribution in [1.29, 1.82) is 0 Å². The number of rotatable bonds is 3. The van der Waals surface area contributed by atoms with Crippen LogP contribution >= 0.6 is 11.3 Å². The van der Waals surface area contributed by atoms with Crippen molar-refractivity contribution in [2.24, 2.45) is 0 Å². The molecule has 2 saturated heterocycles. The first kappa shape index (κ1) is 16.2. The molecule has 4 heterocycles. The van der Waals surface area contributed by atoms with Crippen LogP contribution in [0.3, 0.4) is 0 Å². The summed E-state index contributed by atoms with van der Waals surface area (Å²) in [6.07, 6.45) is 1.72. The van der Waals surface area contributed by atoms with E-state index in [2.05, 4.69) is 15.1 Å². The zero-order valence-electron chi connectivity index (χ0n) is 13.9. The molecule has 4 rings (SSSR count). The topological polar surface area (TPSA) is 92.4 Å². The summed E-state index contributed by atoms with van der Waals surface area (Å²) in [5, 5.41) is 5.89. The van der Waals surface area contributed by atoms with Crippen molar-refractivity contribution < 1.29 is 14.1 Å². The van der Waals surface area contributed by atoms with Crippen molar-refractivity contribution in [3.63, 3.8) is 0 Å². The molecule has 2 aromatic rings. The van der Waals surface area contributed by atoms with Crippen LogP contribution in [-0.4, -0.2) is 62.9 Å². The van der Waals surface area contributed by atoms with Gasteiger partial charge in [-0.1, -0.05) is 5.16 Å². The molecular formula is C16H19N5O3S. The summed E-state index contributed by atoms with van der Waals surface area (Å²) in [4.78, 5) is 35.8. The average Bonchev–Trinajstić information content (AvgIpc) is 3.25. The second kappa shape index (κ2) is 6.55. The normalized spacial score (nSPS) is 19.1. The van der Waals surface area contributed by atoms with E-state index < -0.39 is 0 Å². The number of nitrogens with zero attached hydrogens (tertiary/aromatic N) is 5. The van der Waals surface area contributed by atoms with Crippen LogP contribution in [0, 0.1) is 0 Å². The molecule has 0 radical (unpaired) electrons. The molecule has 25 heavy (non-hydrogen) atoms. The Labute approximate surface area is 148 Å². The van der Waals surface area contributed by atoms with Gasteiger partial charge >= 0.3 is 0 Å². The second-order valence-corrected chi connectivity index (χ2v) is 7.27. The van der Waals surface area contributed by atoms with E-state index in [1.165, 1.54) is 11.3 Å². The fraction of sp³-hybridized carbons (Fsp3) is 0.562. The Bertz CT molecular complexity index is 761. The number of aromatic nitrogens is 3. The van der Waals surface area contributed by atoms with Crippen LogP contribution in [0.15, 0.2) is 15.4 Å². The third-order valence-corrected chi connectivity index (χ3v) is 5.52. The van der Waals surface area contributed by atoms with E-state index in [9.17, 15) is 9.59 Å². The van der Waals surface area contributed by atoms with E-state index in [0.717, 1.165) is 31.8 Å². The summed E-state index contributed by atoms with van der Waals surface area (Å²) in [6.45, 7) is 4.25. The highest BCUT2D eigenvalue weighted by molar-refractivity contribution is 7.07. The van der Waals surface area contributed by atoms with Gasteiger partial charge in [0, 0.05) is 44.4 Å². The average molecular weight is 361 g/mol. The Balaban J connectivity index is 1.32. The molecule has 2 aromatic heterocycles. The Morgan fingerprint density at radius 1 is 1.20 bits per heavy atom. The standard InChI is InChI=1S/C16H19N5O3S/c1-10(22)20-4-2-11(3-5-20)14-18-15(24-19-14)12-6-21(7-12)16(23)13-8-25-9-17-13/h8-9,11-12H,2-7H2,1H3. The lowest BCUT2D eigenvalue weighted by Gasteiger charge is -2.36. The predicted molar refractivity (Wildman–Crippen MR) is 89.3 cm³/mol. The zero-order valence-corrected chi connectivity index (χ0v) is 14.7. The fourth-order valence-electron chi connectivity index (χ4n) is 3.31. The largest absolute Gasteiger partial charge is 0.343 e. The molecule has 2 aliphatic heterocycles. The SMILES string of the molecule is CC(=O)N1CCC(c2noc(C3CN(C(=O)c4cscn4)C3)n2)CC1. The maximum absolute atomic E-state index is 12.2. The van der Waals surface area contributed by atoms with Crippen molar-refractivity contribution in [3.05, 3.63) is 28.3 Å². The van der Waals surface area contributed by atoms with Crippen LogP contribution in [0.25, 0.3) is 0 Å². The molecule has 0 aromatic carbocycles. The third-order valence-electron chi connectivity index (χ3n) is 4.93. The van der Waals surface area contributed by atoms with Gasteiger partial charge in [0.1, 0.15) is 5.69 Å². The van der Waals surface area contributed by atoms with Crippen molar-refractivity contribution in [2.75, 3.05) is 26.2 Å². The van der Waals surface area contributed by atoms with Gasteiger partial charge in [-0.2, -0.15) is 4.98 Å². The van der Waals surface area contributed by atoms with Gasteiger partial charge in [-0.25, -0.2) is 4.98 Å². The van der Waals surface area contributed by atoms with Crippen molar-refractivity contribution in [3.8, 4) is 0 Å². The van der Waals surface area contributed by atoms with E-state index in [0.29, 0.717) is 24.7 Å². The summed E-state index contributed by atoms with van der Waals surface area (Å²) in [5.74, 6) is 1.73. The van der Waals surface area contributed by atoms with Gasteiger partial charge in [-0.05, 0) is 12.8 Å². The predicted octanol–water partition coefficient (Wildman–Crippen LogP) is 1.49. The molecule has 0 spiro atoms. The van der Waals surface area contributed by atoms with Crippen LogP contribution in [0.2, 0.25) is 0 Å². The molecule has 0 unspecified atom stereocenters. The molecule has 9 heteroatoms. The van der Waals surface area contributed by atoms with E-state index >= 15 is 0 Å². The lowest BCUT2D eigenvalue weighted by atomic mass is 9.95. The number of carbonyl (C=O) groups is 2. The summed E-state index contributed by atoms with van der Waals surface area (Å²) in [6, 6.07) is 0. The summed E-state index contributed by atoms with van der Waals surface area (Å²) in [7, 11) is 0. The lowest BCUT2D eigenvalue weighted by molar-refractivity contribution is -0.129. The highest BCUT2D eigenvalue weighted by atomic mass is 32.1. The lowest BCUT2D eigenvalue weighted by Crippen LogP contribution is -2.48. The van der Waals surface area contributed by atoms with Crippen LogP contribution in [-0.2, 0) is 4.79 Å². The van der Waals surface area contributed by atoms with Crippen LogP contribution in [0.4, 0.5) is 0 Å². The summed E-state index contributed by atoms with van der Waals surface area (Å²) >= 11 is 1.41. The van der Waals surface area contributed by atoms with Gasteiger partial charge in [-0.15, -0.1) is 11.3 Å². The smallest absolute Gasteiger partial charge is 0.273 e. The van der Waals surface area contributed by atoms with Crippen LogP contribution in [0.1, 0.15) is 53.8 Å². The first-order valence-electron chi connectivity index (χ1n) is 8.38. The molecule has 2 aliphatic rings. The maximum atomic E-state index is 12.2. The number of amides is 2. The zero-order chi connectivity index (χ0) is 17.4. The van der Waals surface area contributed by atoms with Crippen LogP contribution in [0.5, 0.6) is 0 Å². The minimum Gasteiger partial charge on any atom is -0.343 e. The first-order chi connectivity index (χ1) is 12.1. The Morgan fingerprint density at radius 2 is 1.96 bits per heavy atom. The Hall–Kier alpha value is -2.29. The second-order valence-electron chi connectivity index (χ2n) is 6.55. The van der Waals surface area contributed by atoms with Gasteiger partial charge in [0.25, 0.3) is 5.91 Å². The highest BCUT2D eigenvalue weighted by Gasteiger charge is 2.37. The van der Waals surface area contributed by atoms with E-state index in [4.69, 9.17) is 4.52 Å². The van der Waals surface area contributed by atoms with Gasteiger partial charge in [0.2, 0.25) is 11.8 Å². The third kappa shape index (κ3) is 3.15. The molecule has 2 amide bonds. The molecule has 0 N–H and O–H groups in total. The van der Waals surface area contributed by atoms with Gasteiger partial charge in [0.15, 0.2) is 5.82 Å². The summed E-state index contributed by atoms with van der Waals surface area (Å²) in [5.41, 5.74) is 2.15. The summed E-state index contributed by atoms with van der Waals surface area (Å²) < 4.78 is 5.42. The Kier molecular flexibility index (Phi) is 4.24. The van der Waals surface area contributed by atoms with E-state index in [1.807, 2.05) is 4.90 Å². The molecule has 0 atom stereocenters. The molecule has 0 aliphatic carbocycles. The maximum Gasteiger partial charge on any atom is 0.273 e. The van der Waals surface area contributed by atoms with Crippen molar-refractivity contribution in [2.45, 2.75) is 31.6 Å². The van der Waals surface area contributed by atoms with Crippen molar-refractivity contribution >= 4 is 23.2 Å². The molecule has 8 nitrogen and oxygen atoms in total. The molecule has 2 fully saturated rings. The van der Waals surface area contributed by atoms with E-state index in [-0.39, 0.29) is 23.7 Å². The minimum atomic E-state index is -0.0474. The number of thiazole rings is 1. The molecule has 132 valence electrons. The first-order valence-corrected chi connectivity index (χ1v) is 9.32. The Morgan fingerprint density at radius 3 is 2.60 bits per heavy atom. The number of likely N-dealkylation sites (tertiary alicyclic amines) is 2. The van der Waals surface area contributed by atoms with Gasteiger partial charge < -0.3 is 14.3 Å². The van der Waals surface area contributed by atoms with Crippen molar-refractivity contribution in [1.82, 2.24) is 24.9 Å². The number of carbonyl (C=O) groups excluding carboxylic acids is 2. The number of hydrogen-bond acceptors (Lipinski definition) is 7. The highest BCUT2D eigenvalue weighted by Crippen LogP contribution is 2.30. The minimum absolute atomic E-state index is 0.0474. The number of piperidine rings is 1. The fourth-order valence-corrected chi connectivity index (χ4v) is 3.84. The van der Waals surface area contributed by atoms with Gasteiger partial charge in [-0.3, -0.25) is 9.59 Å². The van der Waals surface area contributed by atoms with Gasteiger partial charge in [0.05, 0.1) is 11.4 Å². The molecule has 0 bridgehead atoms.